The van der Waals surface area contributed by atoms with E-state index >= 15 is 0 Å². The Morgan fingerprint density at radius 3 is 3.00 bits per heavy atom. The molecular weight excluding hydrogens is 144 g/mol. The third kappa shape index (κ3) is 0.813. The molecule has 0 aliphatic carbocycles. The summed E-state index contributed by atoms with van der Waals surface area (Å²) in [4.78, 5) is 18.6. The molecule has 11 heavy (non-hydrogen) atoms. The summed E-state index contributed by atoms with van der Waals surface area (Å²) in [5.74, 6) is 0.503. The molecule has 0 N–H and O–H groups in total. The van der Waals surface area contributed by atoms with Gasteiger partial charge in [-0.05, 0) is 6.92 Å². The maximum Gasteiger partial charge on any atom is 0.284 e. The van der Waals surface area contributed by atoms with Crippen molar-refractivity contribution in [3.05, 3.63) is 11.8 Å². The fraction of sp³-hybridized carbons (Fsp3) is 0.167. The van der Waals surface area contributed by atoms with E-state index in [0.29, 0.717) is 17.2 Å². The molecule has 0 spiro atoms. The third-order valence-corrected chi connectivity index (χ3v) is 1.34. The van der Waals surface area contributed by atoms with Crippen molar-refractivity contribution in [1.29, 1.82) is 0 Å². The average Bonchev–Trinajstić information content (AvgIpc) is 2.34. The number of amides is 1. The lowest BCUT2D eigenvalue weighted by Crippen LogP contribution is -2.14. The van der Waals surface area contributed by atoms with Gasteiger partial charge in [0, 0.05) is 0 Å². The van der Waals surface area contributed by atoms with Crippen LogP contribution in [0.1, 0.15) is 6.92 Å². The van der Waals surface area contributed by atoms with E-state index in [4.69, 9.17) is 0 Å². The lowest BCUT2D eigenvalue weighted by atomic mass is 10.2. The fourth-order valence-electron chi connectivity index (χ4n) is 0.872. The summed E-state index contributed by atoms with van der Waals surface area (Å²) in [5.41, 5.74) is 0.385. The quantitative estimate of drug-likeness (QED) is 0.498. The maximum absolute atomic E-state index is 11.0. The Bertz CT molecular complexity index is 348. The molecule has 1 amide bonds. The van der Waals surface area contributed by atoms with Gasteiger partial charge in [0.05, 0.1) is 6.20 Å². The zero-order valence-electron chi connectivity index (χ0n) is 5.77. The lowest BCUT2D eigenvalue weighted by molar-refractivity contribution is -0.113. The monoisotopic (exact) mass is 148 g/mol. The number of carbonyl (C=O) groups is 1. The first kappa shape index (κ1) is 6.09. The van der Waals surface area contributed by atoms with E-state index in [1.54, 1.807) is 6.92 Å². The molecule has 5 nitrogen and oxygen atoms in total. The van der Waals surface area contributed by atoms with Crippen LogP contribution in [0.4, 0.5) is 0 Å². The zero-order chi connectivity index (χ0) is 7.84. The highest BCUT2D eigenvalue weighted by Crippen LogP contribution is 2.14. The molecular formula is C6H4N4O. The Labute approximate surface area is 62.3 Å². The molecule has 0 fully saturated rings. The van der Waals surface area contributed by atoms with E-state index < -0.39 is 0 Å². The van der Waals surface area contributed by atoms with Crippen LogP contribution in [0.15, 0.2) is 32.0 Å². The topological polar surface area (TPSA) is 66.5 Å². The van der Waals surface area contributed by atoms with E-state index in [-0.39, 0.29) is 5.91 Å². The summed E-state index contributed by atoms with van der Waals surface area (Å²) in [6.45, 7) is 1.65. The number of hydrogen-bond donors (Lipinski definition) is 0. The number of nitrogens with zero attached hydrogens (tertiary/aromatic N) is 4. The molecule has 0 bridgehead atoms. The van der Waals surface area contributed by atoms with Gasteiger partial charge in [0.2, 0.25) is 0 Å². The van der Waals surface area contributed by atoms with E-state index in [2.05, 4.69) is 20.2 Å². The standard InChI is InChI=1S/C6H4N4O/c1-3-8-5-4(2-7-10-5)6(11)9-3/h2H,1H3. The number of rotatable bonds is 0. The molecule has 0 aromatic heterocycles. The molecule has 0 aromatic carbocycles. The lowest BCUT2D eigenvalue weighted by Gasteiger charge is -2.01. The van der Waals surface area contributed by atoms with Crippen LogP contribution in [0.25, 0.3) is 0 Å². The van der Waals surface area contributed by atoms with Gasteiger partial charge in [-0.15, -0.1) is 5.11 Å². The first-order valence-corrected chi connectivity index (χ1v) is 3.07. The largest absolute Gasteiger partial charge is 0.284 e. The fourth-order valence-corrected chi connectivity index (χ4v) is 0.872. The Balaban J connectivity index is 2.54. The van der Waals surface area contributed by atoms with Gasteiger partial charge in [0.15, 0.2) is 5.84 Å². The number of aliphatic imine (C=N–C) groups is 2. The minimum Gasteiger partial charge on any atom is -0.266 e. The van der Waals surface area contributed by atoms with Crippen molar-refractivity contribution in [1.82, 2.24) is 0 Å². The first-order valence-electron chi connectivity index (χ1n) is 3.07. The molecule has 0 saturated carbocycles. The van der Waals surface area contributed by atoms with Crippen LogP contribution in [-0.2, 0) is 4.79 Å². The van der Waals surface area contributed by atoms with Crippen LogP contribution in [0, 0.1) is 0 Å². The van der Waals surface area contributed by atoms with Crippen molar-refractivity contribution in [3.8, 4) is 0 Å². The van der Waals surface area contributed by atoms with E-state index in [1.807, 2.05) is 0 Å². The van der Waals surface area contributed by atoms with Crippen molar-refractivity contribution in [2.75, 3.05) is 0 Å². The van der Waals surface area contributed by atoms with Crippen molar-refractivity contribution in [2.24, 2.45) is 20.2 Å². The number of carbonyl (C=O) groups excluding carboxylic acids is 1. The highest BCUT2D eigenvalue weighted by Gasteiger charge is 2.23. The zero-order valence-corrected chi connectivity index (χ0v) is 5.77. The minimum absolute atomic E-state index is 0.308. The highest BCUT2D eigenvalue weighted by atomic mass is 16.1. The van der Waals surface area contributed by atoms with E-state index in [0.717, 1.165) is 0 Å². The second kappa shape index (κ2) is 1.91. The molecule has 0 radical (unpaired) electrons. The van der Waals surface area contributed by atoms with Gasteiger partial charge >= 0.3 is 0 Å². The second-order valence-corrected chi connectivity index (χ2v) is 2.16. The van der Waals surface area contributed by atoms with Gasteiger partial charge in [-0.2, -0.15) is 10.1 Å². The highest BCUT2D eigenvalue weighted by molar-refractivity contribution is 6.28. The average molecular weight is 148 g/mol. The first-order chi connectivity index (χ1) is 5.27. The molecule has 54 valence electrons. The molecule has 2 aliphatic heterocycles. The normalized spacial score (nSPS) is 20.8. The van der Waals surface area contributed by atoms with Gasteiger partial charge in [-0.25, -0.2) is 4.99 Å². The molecule has 0 atom stereocenters. The summed E-state index contributed by atoms with van der Waals surface area (Å²) in [6.07, 6.45) is 1.37. The molecule has 0 saturated heterocycles. The predicted octanol–water partition coefficient (Wildman–Crippen LogP) is 0.693. The Hall–Kier alpha value is -1.65. The van der Waals surface area contributed by atoms with Crippen LogP contribution in [0.3, 0.4) is 0 Å². The van der Waals surface area contributed by atoms with Crippen LogP contribution in [-0.4, -0.2) is 17.6 Å². The van der Waals surface area contributed by atoms with Gasteiger partial charge in [-0.3, -0.25) is 4.79 Å². The molecule has 5 heteroatoms. The van der Waals surface area contributed by atoms with Crippen molar-refractivity contribution >= 4 is 17.6 Å². The molecule has 0 aromatic rings. The van der Waals surface area contributed by atoms with Crippen LogP contribution in [0.2, 0.25) is 0 Å². The molecule has 2 heterocycles. The van der Waals surface area contributed by atoms with Gasteiger partial charge in [-0.1, -0.05) is 0 Å². The Morgan fingerprint density at radius 2 is 2.18 bits per heavy atom. The predicted molar refractivity (Wildman–Crippen MR) is 38.5 cm³/mol. The van der Waals surface area contributed by atoms with Crippen LogP contribution in [0.5, 0.6) is 0 Å². The number of azo groups is 1. The number of amidine groups is 2. The Kier molecular flexibility index (Phi) is 1.06. The summed E-state index contributed by atoms with van der Waals surface area (Å²) in [6, 6.07) is 0. The van der Waals surface area contributed by atoms with Crippen molar-refractivity contribution < 1.29 is 4.79 Å². The molecule has 2 rings (SSSR count). The summed E-state index contributed by atoms with van der Waals surface area (Å²) in [7, 11) is 0. The van der Waals surface area contributed by atoms with E-state index in [1.165, 1.54) is 6.20 Å². The summed E-state index contributed by atoms with van der Waals surface area (Å²) < 4.78 is 0. The number of fused-ring (bicyclic) bond motifs is 1. The molecule has 2 aliphatic rings. The second-order valence-electron chi connectivity index (χ2n) is 2.16. The minimum atomic E-state index is -0.308. The van der Waals surface area contributed by atoms with Crippen molar-refractivity contribution in [3.63, 3.8) is 0 Å². The maximum atomic E-state index is 11.0. The number of hydrogen-bond acceptors (Lipinski definition) is 4. The van der Waals surface area contributed by atoms with Gasteiger partial charge < -0.3 is 0 Å². The van der Waals surface area contributed by atoms with Gasteiger partial charge in [0.1, 0.15) is 11.4 Å². The SMILES string of the molecule is CC1=NC(=O)C2=CN=NC2=N1. The van der Waals surface area contributed by atoms with E-state index in [9.17, 15) is 4.79 Å². The third-order valence-electron chi connectivity index (χ3n) is 1.34. The summed E-state index contributed by atoms with van der Waals surface area (Å²) in [5, 5.41) is 7.19. The van der Waals surface area contributed by atoms with Crippen LogP contribution >= 0.6 is 0 Å². The smallest absolute Gasteiger partial charge is 0.266 e. The Morgan fingerprint density at radius 1 is 1.36 bits per heavy atom. The van der Waals surface area contributed by atoms with Crippen molar-refractivity contribution in [2.45, 2.75) is 6.92 Å². The van der Waals surface area contributed by atoms with Gasteiger partial charge in [0.25, 0.3) is 5.91 Å². The van der Waals surface area contributed by atoms with Crippen LogP contribution < -0.4 is 0 Å². The molecule has 0 unspecified atom stereocenters. The summed E-state index contributed by atoms with van der Waals surface area (Å²) >= 11 is 0.